The van der Waals surface area contributed by atoms with Gasteiger partial charge in [0, 0.05) is 16.6 Å². The van der Waals surface area contributed by atoms with E-state index in [0.717, 1.165) is 5.75 Å². The van der Waals surface area contributed by atoms with Crippen LogP contribution >= 0.6 is 0 Å². The first kappa shape index (κ1) is 8.84. The van der Waals surface area contributed by atoms with Crippen LogP contribution in [-0.4, -0.2) is 12.1 Å². The second-order valence-electron chi connectivity index (χ2n) is 4.17. The third kappa shape index (κ3) is 1.24. The molecule has 2 aromatic rings. The van der Waals surface area contributed by atoms with Crippen LogP contribution in [0.4, 0.5) is 0 Å². The number of aryl methyl sites for hydroxylation is 2. The van der Waals surface area contributed by atoms with Gasteiger partial charge >= 0.3 is 0 Å². The lowest BCUT2D eigenvalue weighted by molar-refractivity contribution is 0.419. The van der Waals surface area contributed by atoms with Crippen LogP contribution in [0.15, 0.2) is 18.2 Å². The van der Waals surface area contributed by atoms with Gasteiger partial charge in [0.1, 0.15) is 5.75 Å². The number of methoxy groups -OCH3 is 1. The number of H-pyrrole nitrogens is 1. The topological polar surface area (TPSA) is 25.0 Å². The van der Waals surface area contributed by atoms with E-state index >= 15 is 0 Å². The van der Waals surface area contributed by atoms with Crippen molar-refractivity contribution in [3.05, 3.63) is 29.5 Å². The van der Waals surface area contributed by atoms with Gasteiger partial charge in [-0.05, 0) is 43.4 Å². The number of benzene rings is 1. The molecular formula is C13H15NO. The molecule has 1 aromatic heterocycles. The molecule has 1 aliphatic carbocycles. The number of aromatic amines is 1. The van der Waals surface area contributed by atoms with E-state index < -0.39 is 0 Å². The summed E-state index contributed by atoms with van der Waals surface area (Å²) < 4.78 is 5.43. The lowest BCUT2D eigenvalue weighted by atomic mass is 9.95. The fourth-order valence-electron chi connectivity index (χ4n) is 2.60. The smallest absolute Gasteiger partial charge is 0.128 e. The Morgan fingerprint density at radius 1 is 1.20 bits per heavy atom. The van der Waals surface area contributed by atoms with E-state index in [1.165, 1.54) is 47.8 Å². The maximum absolute atomic E-state index is 5.43. The number of nitrogens with one attached hydrogen (secondary N) is 1. The van der Waals surface area contributed by atoms with E-state index in [0.29, 0.717) is 0 Å². The van der Waals surface area contributed by atoms with Crippen molar-refractivity contribution in [2.45, 2.75) is 25.7 Å². The molecule has 0 amide bonds. The molecule has 0 saturated heterocycles. The Labute approximate surface area is 89.3 Å². The maximum atomic E-state index is 5.43. The second kappa shape index (κ2) is 3.30. The van der Waals surface area contributed by atoms with Gasteiger partial charge in [0.25, 0.3) is 0 Å². The second-order valence-corrected chi connectivity index (χ2v) is 4.17. The number of hydrogen-bond donors (Lipinski definition) is 1. The Balaban J connectivity index is 2.33. The average molecular weight is 201 g/mol. The quantitative estimate of drug-likeness (QED) is 0.753. The van der Waals surface area contributed by atoms with E-state index in [1.54, 1.807) is 7.11 Å². The third-order valence-corrected chi connectivity index (χ3v) is 3.30. The molecule has 2 nitrogen and oxygen atoms in total. The van der Waals surface area contributed by atoms with Crippen molar-refractivity contribution in [1.82, 2.24) is 4.98 Å². The molecule has 78 valence electrons. The van der Waals surface area contributed by atoms with Gasteiger partial charge in [-0.15, -0.1) is 0 Å². The summed E-state index contributed by atoms with van der Waals surface area (Å²) in [6.07, 6.45) is 4.99. The molecule has 1 N–H and O–H groups in total. The van der Waals surface area contributed by atoms with Crippen LogP contribution < -0.4 is 4.74 Å². The molecule has 0 spiro atoms. The minimum atomic E-state index is 1.01. The number of rotatable bonds is 1. The van der Waals surface area contributed by atoms with E-state index in [1.807, 2.05) is 12.1 Å². The summed E-state index contributed by atoms with van der Waals surface area (Å²) in [6.45, 7) is 0. The molecule has 0 radical (unpaired) electrons. The van der Waals surface area contributed by atoms with Gasteiger partial charge in [-0.25, -0.2) is 0 Å². The van der Waals surface area contributed by atoms with Crippen LogP contribution in [0, 0.1) is 0 Å². The Morgan fingerprint density at radius 3 is 2.93 bits per heavy atom. The van der Waals surface area contributed by atoms with Gasteiger partial charge in [0.2, 0.25) is 0 Å². The van der Waals surface area contributed by atoms with Gasteiger partial charge in [-0.3, -0.25) is 0 Å². The predicted molar refractivity (Wildman–Crippen MR) is 61.5 cm³/mol. The molecular weight excluding hydrogens is 186 g/mol. The fourth-order valence-corrected chi connectivity index (χ4v) is 2.60. The molecule has 0 aliphatic heterocycles. The molecule has 0 bridgehead atoms. The van der Waals surface area contributed by atoms with Crippen LogP contribution in [0.3, 0.4) is 0 Å². The first-order valence-corrected chi connectivity index (χ1v) is 5.56. The maximum Gasteiger partial charge on any atom is 0.128 e. The number of ether oxygens (including phenoxy) is 1. The molecule has 0 fully saturated rings. The molecule has 2 heteroatoms. The van der Waals surface area contributed by atoms with Crippen molar-refractivity contribution >= 4 is 10.9 Å². The molecule has 0 atom stereocenters. The van der Waals surface area contributed by atoms with Gasteiger partial charge in [0.15, 0.2) is 0 Å². The molecule has 0 saturated carbocycles. The highest BCUT2D eigenvalue weighted by Crippen LogP contribution is 2.34. The number of fused-ring (bicyclic) bond motifs is 3. The Kier molecular flexibility index (Phi) is 1.94. The largest absolute Gasteiger partial charge is 0.496 e. The fraction of sp³-hybridized carbons (Fsp3) is 0.385. The Bertz CT molecular complexity index is 498. The van der Waals surface area contributed by atoms with Crippen molar-refractivity contribution in [2.75, 3.05) is 7.11 Å². The van der Waals surface area contributed by atoms with Gasteiger partial charge in [0.05, 0.1) is 7.11 Å². The van der Waals surface area contributed by atoms with E-state index in [4.69, 9.17) is 4.74 Å². The molecule has 1 heterocycles. The van der Waals surface area contributed by atoms with Gasteiger partial charge < -0.3 is 9.72 Å². The highest BCUT2D eigenvalue weighted by atomic mass is 16.5. The molecule has 3 rings (SSSR count). The zero-order valence-electron chi connectivity index (χ0n) is 8.97. The lowest BCUT2D eigenvalue weighted by Crippen LogP contribution is -2.00. The van der Waals surface area contributed by atoms with Crippen molar-refractivity contribution in [3.63, 3.8) is 0 Å². The van der Waals surface area contributed by atoms with Gasteiger partial charge in [-0.1, -0.05) is 6.07 Å². The molecule has 0 unspecified atom stereocenters. The van der Waals surface area contributed by atoms with Crippen LogP contribution in [0.25, 0.3) is 10.9 Å². The predicted octanol–water partition coefficient (Wildman–Crippen LogP) is 3.06. The zero-order valence-corrected chi connectivity index (χ0v) is 8.97. The van der Waals surface area contributed by atoms with E-state index in [9.17, 15) is 0 Å². The zero-order chi connectivity index (χ0) is 10.3. The monoisotopic (exact) mass is 201 g/mol. The van der Waals surface area contributed by atoms with E-state index in [2.05, 4.69) is 11.1 Å². The molecule has 1 aliphatic rings. The molecule has 1 aromatic carbocycles. The lowest BCUT2D eigenvalue weighted by Gasteiger charge is -2.11. The summed E-state index contributed by atoms with van der Waals surface area (Å²) in [4.78, 5) is 3.51. The van der Waals surface area contributed by atoms with Crippen molar-refractivity contribution in [2.24, 2.45) is 0 Å². The van der Waals surface area contributed by atoms with Crippen molar-refractivity contribution in [3.8, 4) is 5.75 Å². The van der Waals surface area contributed by atoms with Crippen molar-refractivity contribution in [1.29, 1.82) is 0 Å². The highest BCUT2D eigenvalue weighted by molar-refractivity contribution is 5.90. The normalized spacial score (nSPS) is 15.3. The Hall–Kier alpha value is -1.44. The van der Waals surface area contributed by atoms with Gasteiger partial charge in [-0.2, -0.15) is 0 Å². The van der Waals surface area contributed by atoms with Crippen LogP contribution in [0.1, 0.15) is 24.1 Å². The summed E-state index contributed by atoms with van der Waals surface area (Å²) in [7, 11) is 1.75. The number of aromatic nitrogens is 1. The summed E-state index contributed by atoms with van der Waals surface area (Å²) in [5, 5.41) is 1.30. The first-order valence-electron chi connectivity index (χ1n) is 5.56. The SMILES string of the molecule is COc1cccc2[nH]c3c(c12)CCCC3. The summed E-state index contributed by atoms with van der Waals surface area (Å²) in [5.74, 6) is 1.01. The van der Waals surface area contributed by atoms with Crippen molar-refractivity contribution < 1.29 is 4.74 Å². The first-order chi connectivity index (χ1) is 7.40. The van der Waals surface area contributed by atoms with E-state index in [-0.39, 0.29) is 0 Å². The minimum Gasteiger partial charge on any atom is -0.496 e. The third-order valence-electron chi connectivity index (χ3n) is 3.30. The summed E-state index contributed by atoms with van der Waals surface area (Å²) in [6, 6.07) is 6.23. The minimum absolute atomic E-state index is 1.01. The number of hydrogen-bond acceptors (Lipinski definition) is 1. The standard InChI is InChI=1S/C13H15NO/c1-15-12-8-4-7-11-13(12)9-5-2-3-6-10(9)14-11/h4,7-8,14H,2-3,5-6H2,1H3. The van der Waals surface area contributed by atoms with Crippen LogP contribution in [-0.2, 0) is 12.8 Å². The van der Waals surface area contributed by atoms with Crippen LogP contribution in [0.2, 0.25) is 0 Å². The highest BCUT2D eigenvalue weighted by Gasteiger charge is 2.17. The average Bonchev–Trinajstić information content (AvgIpc) is 2.67. The summed E-state index contributed by atoms with van der Waals surface area (Å²) >= 11 is 0. The Morgan fingerprint density at radius 2 is 2.07 bits per heavy atom. The summed E-state index contributed by atoms with van der Waals surface area (Å²) in [5.41, 5.74) is 4.12. The van der Waals surface area contributed by atoms with Crippen LogP contribution in [0.5, 0.6) is 5.75 Å². The molecule has 15 heavy (non-hydrogen) atoms.